The Labute approximate surface area is 157 Å². The molecule has 0 radical (unpaired) electrons. The van der Waals surface area contributed by atoms with Gasteiger partial charge < -0.3 is 18.5 Å². The molecular formula is C21H20N2O4. The fraction of sp³-hybridized carbons (Fsp3) is 0.238. The first kappa shape index (κ1) is 18.3. The monoisotopic (exact) mass is 364 g/mol. The molecular weight excluding hydrogens is 344 g/mol. The molecule has 3 aromatic rings. The van der Waals surface area contributed by atoms with Crippen molar-refractivity contribution in [1.82, 2.24) is 4.57 Å². The highest BCUT2D eigenvalue weighted by molar-refractivity contribution is 5.91. The Balaban J connectivity index is 1.54. The van der Waals surface area contributed by atoms with Crippen molar-refractivity contribution >= 4 is 5.97 Å². The summed E-state index contributed by atoms with van der Waals surface area (Å²) in [6.07, 6.45) is 1.63. The van der Waals surface area contributed by atoms with E-state index in [0.717, 1.165) is 17.1 Å². The first-order chi connectivity index (χ1) is 13.1. The van der Waals surface area contributed by atoms with Crippen LogP contribution < -0.4 is 4.74 Å². The molecule has 3 rings (SSSR count). The summed E-state index contributed by atoms with van der Waals surface area (Å²) in [6.45, 7) is 4.78. The van der Waals surface area contributed by atoms with Crippen molar-refractivity contribution in [3.05, 3.63) is 77.0 Å². The summed E-state index contributed by atoms with van der Waals surface area (Å²) in [4.78, 5) is 12.4. The van der Waals surface area contributed by atoms with Crippen LogP contribution in [0.25, 0.3) is 0 Å². The predicted octanol–water partition coefficient (Wildman–Crippen LogP) is 3.85. The van der Waals surface area contributed by atoms with Gasteiger partial charge in [-0.15, -0.1) is 0 Å². The van der Waals surface area contributed by atoms with E-state index in [1.54, 1.807) is 30.5 Å². The van der Waals surface area contributed by atoms with E-state index in [2.05, 4.69) is 0 Å². The highest BCUT2D eigenvalue weighted by Crippen LogP contribution is 2.18. The quantitative estimate of drug-likeness (QED) is 0.470. The number of esters is 1. The van der Waals surface area contributed by atoms with Gasteiger partial charge in [-0.25, -0.2) is 4.79 Å². The van der Waals surface area contributed by atoms with Crippen LogP contribution in [0.1, 0.15) is 33.1 Å². The topological polar surface area (TPSA) is 77.4 Å². The number of aryl methyl sites for hydroxylation is 1. The molecule has 6 nitrogen and oxygen atoms in total. The van der Waals surface area contributed by atoms with Gasteiger partial charge in [0.2, 0.25) is 0 Å². The summed E-state index contributed by atoms with van der Waals surface area (Å²) >= 11 is 0. The maximum Gasteiger partial charge on any atom is 0.340 e. The summed E-state index contributed by atoms with van der Waals surface area (Å²) in [5, 5.41) is 8.77. The van der Waals surface area contributed by atoms with Gasteiger partial charge in [-0.1, -0.05) is 0 Å². The van der Waals surface area contributed by atoms with Crippen LogP contribution in [0.2, 0.25) is 0 Å². The molecule has 0 spiro atoms. The van der Waals surface area contributed by atoms with E-state index in [-0.39, 0.29) is 19.2 Å². The van der Waals surface area contributed by atoms with E-state index in [9.17, 15) is 4.79 Å². The third-order valence-electron chi connectivity index (χ3n) is 4.26. The van der Waals surface area contributed by atoms with Gasteiger partial charge in [-0.2, -0.15) is 5.26 Å². The number of nitriles is 1. The Kier molecular flexibility index (Phi) is 5.62. The van der Waals surface area contributed by atoms with Gasteiger partial charge >= 0.3 is 5.97 Å². The van der Waals surface area contributed by atoms with Crippen molar-refractivity contribution in [1.29, 1.82) is 5.26 Å². The molecule has 0 fully saturated rings. The van der Waals surface area contributed by atoms with Crippen LogP contribution >= 0.6 is 0 Å². The lowest BCUT2D eigenvalue weighted by Crippen LogP contribution is -2.13. The normalized spacial score (nSPS) is 10.4. The second-order valence-corrected chi connectivity index (χ2v) is 6.07. The predicted molar refractivity (Wildman–Crippen MR) is 98.7 cm³/mol. The van der Waals surface area contributed by atoms with E-state index in [1.165, 1.54) is 0 Å². The third kappa shape index (κ3) is 4.39. The first-order valence-corrected chi connectivity index (χ1v) is 8.57. The van der Waals surface area contributed by atoms with Crippen LogP contribution in [-0.2, 0) is 11.3 Å². The highest BCUT2D eigenvalue weighted by atomic mass is 16.6. The number of rotatable bonds is 7. The lowest BCUT2D eigenvalue weighted by molar-refractivity contribution is 0.0449. The number of nitrogens with zero attached hydrogens (tertiary/aromatic N) is 2. The highest BCUT2D eigenvalue weighted by Gasteiger charge is 2.17. The first-order valence-electron chi connectivity index (χ1n) is 8.57. The maximum absolute atomic E-state index is 12.4. The lowest BCUT2D eigenvalue weighted by atomic mass is 10.2. The second-order valence-electron chi connectivity index (χ2n) is 6.07. The summed E-state index contributed by atoms with van der Waals surface area (Å²) in [5.74, 6) is 1.08. The molecule has 138 valence electrons. The van der Waals surface area contributed by atoms with Crippen molar-refractivity contribution < 1.29 is 18.7 Å². The molecule has 1 aromatic carbocycles. The zero-order valence-corrected chi connectivity index (χ0v) is 15.3. The summed E-state index contributed by atoms with van der Waals surface area (Å²) in [6, 6.07) is 14.4. The van der Waals surface area contributed by atoms with E-state index < -0.39 is 0 Å². The average molecular weight is 364 g/mol. The van der Waals surface area contributed by atoms with Crippen molar-refractivity contribution in [3.8, 4) is 11.8 Å². The van der Waals surface area contributed by atoms with Gasteiger partial charge in [0.15, 0.2) is 0 Å². The summed E-state index contributed by atoms with van der Waals surface area (Å²) < 4.78 is 18.2. The van der Waals surface area contributed by atoms with E-state index >= 15 is 0 Å². The Morgan fingerprint density at radius 2 is 1.96 bits per heavy atom. The Bertz CT molecular complexity index is 947. The fourth-order valence-corrected chi connectivity index (χ4v) is 2.81. The molecule has 0 unspecified atom stereocenters. The van der Waals surface area contributed by atoms with Gasteiger partial charge in [0.25, 0.3) is 0 Å². The molecule has 27 heavy (non-hydrogen) atoms. The van der Waals surface area contributed by atoms with Crippen molar-refractivity contribution in [3.63, 3.8) is 0 Å². The number of furan rings is 1. The van der Waals surface area contributed by atoms with E-state index in [4.69, 9.17) is 19.2 Å². The largest absolute Gasteiger partial charge is 0.490 e. The van der Waals surface area contributed by atoms with E-state index in [1.807, 2.05) is 42.7 Å². The van der Waals surface area contributed by atoms with Crippen LogP contribution in [0.3, 0.4) is 0 Å². The summed E-state index contributed by atoms with van der Waals surface area (Å²) in [7, 11) is 0. The minimum absolute atomic E-state index is 0.140. The molecule has 0 aliphatic carbocycles. The SMILES string of the molecule is Cc1cc(C(=O)OCCOc2ccc(C#N)cc2)c(C)n1Cc1ccco1. The minimum Gasteiger partial charge on any atom is -0.490 e. The number of ether oxygens (including phenoxy) is 2. The van der Waals surface area contributed by atoms with Gasteiger partial charge in [0, 0.05) is 11.4 Å². The molecule has 0 saturated heterocycles. The lowest BCUT2D eigenvalue weighted by Gasteiger charge is -2.09. The molecule has 0 bridgehead atoms. The van der Waals surface area contributed by atoms with Crippen LogP contribution in [0.15, 0.2) is 53.1 Å². The number of carbonyl (C=O) groups excluding carboxylic acids is 1. The Morgan fingerprint density at radius 3 is 2.63 bits per heavy atom. The maximum atomic E-state index is 12.4. The zero-order chi connectivity index (χ0) is 19.2. The zero-order valence-electron chi connectivity index (χ0n) is 15.3. The number of benzene rings is 1. The van der Waals surface area contributed by atoms with Gasteiger partial charge in [0.1, 0.15) is 24.7 Å². The van der Waals surface area contributed by atoms with Gasteiger partial charge in [-0.3, -0.25) is 0 Å². The average Bonchev–Trinajstić information content (AvgIpc) is 3.29. The second kappa shape index (κ2) is 8.28. The standard InChI is InChI=1S/C21H20N2O4/c1-15-12-20(16(2)23(15)14-19-4-3-9-25-19)21(24)27-11-10-26-18-7-5-17(13-22)6-8-18/h3-9,12H,10-11,14H2,1-2H3. The third-order valence-corrected chi connectivity index (χ3v) is 4.26. The molecule has 0 N–H and O–H groups in total. The fourth-order valence-electron chi connectivity index (χ4n) is 2.81. The molecule has 0 aliphatic rings. The van der Waals surface area contributed by atoms with Crippen molar-refractivity contribution in [2.24, 2.45) is 0 Å². The molecule has 0 atom stereocenters. The molecule has 2 heterocycles. The Morgan fingerprint density at radius 1 is 1.19 bits per heavy atom. The van der Waals surface area contributed by atoms with Gasteiger partial charge in [0.05, 0.1) is 30.0 Å². The molecule has 0 amide bonds. The van der Waals surface area contributed by atoms with Crippen LogP contribution in [0.4, 0.5) is 0 Å². The number of hydrogen-bond acceptors (Lipinski definition) is 5. The smallest absolute Gasteiger partial charge is 0.340 e. The molecule has 2 aromatic heterocycles. The number of carbonyl (C=O) groups is 1. The minimum atomic E-state index is -0.378. The van der Waals surface area contributed by atoms with Crippen LogP contribution in [0.5, 0.6) is 5.75 Å². The van der Waals surface area contributed by atoms with Crippen LogP contribution in [-0.4, -0.2) is 23.8 Å². The van der Waals surface area contributed by atoms with Gasteiger partial charge in [-0.05, 0) is 56.3 Å². The molecule has 0 aliphatic heterocycles. The number of hydrogen-bond donors (Lipinski definition) is 0. The van der Waals surface area contributed by atoms with Crippen molar-refractivity contribution in [2.45, 2.75) is 20.4 Å². The number of aromatic nitrogens is 1. The van der Waals surface area contributed by atoms with E-state index in [0.29, 0.717) is 23.4 Å². The summed E-state index contributed by atoms with van der Waals surface area (Å²) in [5.41, 5.74) is 2.91. The molecule has 6 heteroatoms. The van der Waals surface area contributed by atoms with Crippen molar-refractivity contribution in [2.75, 3.05) is 13.2 Å². The Hall–Kier alpha value is -3.46. The molecule has 0 saturated carbocycles. The van der Waals surface area contributed by atoms with Crippen LogP contribution in [0, 0.1) is 25.2 Å².